The number of benzene rings is 2. The molecule has 3 rings (SSSR count). The summed E-state index contributed by atoms with van der Waals surface area (Å²) in [4.78, 5) is 3.17. The fraction of sp³-hybridized carbons (Fsp3) is 0.125. The Morgan fingerprint density at radius 3 is 2.84 bits per heavy atom. The summed E-state index contributed by atoms with van der Waals surface area (Å²) in [5.74, 6) is -0.167. The first kappa shape index (κ1) is 11.8. The number of H-pyrrole nitrogens is 1. The minimum absolute atomic E-state index is 0.167. The lowest BCUT2D eigenvalue weighted by Gasteiger charge is -2.08. The van der Waals surface area contributed by atoms with E-state index >= 15 is 0 Å². The second-order valence-corrected chi connectivity index (χ2v) is 4.72. The van der Waals surface area contributed by atoms with Gasteiger partial charge in [0.05, 0.1) is 0 Å². The molecule has 0 radical (unpaired) electrons. The fourth-order valence-electron chi connectivity index (χ4n) is 2.17. The first-order valence-electron chi connectivity index (χ1n) is 6.28. The van der Waals surface area contributed by atoms with Gasteiger partial charge in [-0.25, -0.2) is 4.39 Å². The summed E-state index contributed by atoms with van der Waals surface area (Å²) in [6, 6.07) is 13.4. The van der Waals surface area contributed by atoms with Gasteiger partial charge >= 0.3 is 0 Å². The third-order valence-electron chi connectivity index (χ3n) is 3.27. The highest BCUT2D eigenvalue weighted by Crippen LogP contribution is 2.17. The second kappa shape index (κ2) is 4.76. The second-order valence-electron chi connectivity index (χ2n) is 4.72. The zero-order valence-electron chi connectivity index (χ0n) is 10.7. The van der Waals surface area contributed by atoms with Crippen LogP contribution in [-0.2, 0) is 6.54 Å². The van der Waals surface area contributed by atoms with Gasteiger partial charge in [0.2, 0.25) is 0 Å². The van der Waals surface area contributed by atoms with Crippen molar-refractivity contribution >= 4 is 16.6 Å². The molecule has 0 aliphatic rings. The van der Waals surface area contributed by atoms with E-state index in [1.54, 1.807) is 13.0 Å². The van der Waals surface area contributed by atoms with Crippen molar-refractivity contribution in [2.45, 2.75) is 13.5 Å². The van der Waals surface area contributed by atoms with Crippen LogP contribution in [0.2, 0.25) is 0 Å². The van der Waals surface area contributed by atoms with Crippen molar-refractivity contribution in [3.05, 3.63) is 65.6 Å². The van der Waals surface area contributed by atoms with Crippen molar-refractivity contribution in [2.75, 3.05) is 5.32 Å². The number of anilines is 1. The Labute approximate surface area is 111 Å². The van der Waals surface area contributed by atoms with Crippen LogP contribution < -0.4 is 5.32 Å². The molecular weight excluding hydrogens is 239 g/mol. The lowest BCUT2D eigenvalue weighted by Crippen LogP contribution is -1.99. The summed E-state index contributed by atoms with van der Waals surface area (Å²) in [5.41, 5.74) is 3.94. The van der Waals surface area contributed by atoms with E-state index in [1.165, 1.54) is 17.0 Å². The van der Waals surface area contributed by atoms with Gasteiger partial charge in [0.15, 0.2) is 0 Å². The molecule has 0 saturated heterocycles. The molecule has 0 atom stereocenters. The standard InChI is InChI=1S/C16H15FN2/c1-11-8-14(3-4-15(11)17)19-10-12-2-5-16-13(9-12)6-7-18-16/h2-9,18-19H,10H2,1H3. The van der Waals surface area contributed by atoms with E-state index in [9.17, 15) is 4.39 Å². The molecular formula is C16H15FN2. The molecule has 0 spiro atoms. The zero-order chi connectivity index (χ0) is 13.2. The molecule has 2 N–H and O–H groups in total. The van der Waals surface area contributed by atoms with Crippen molar-refractivity contribution in [1.29, 1.82) is 0 Å². The molecule has 2 nitrogen and oxygen atoms in total. The van der Waals surface area contributed by atoms with Crippen LogP contribution in [-0.4, -0.2) is 4.98 Å². The maximum Gasteiger partial charge on any atom is 0.126 e. The van der Waals surface area contributed by atoms with Gasteiger partial charge in [-0.1, -0.05) is 6.07 Å². The first-order valence-corrected chi connectivity index (χ1v) is 6.28. The number of halogens is 1. The van der Waals surface area contributed by atoms with E-state index in [1.807, 2.05) is 12.3 Å². The Balaban J connectivity index is 1.75. The third-order valence-corrected chi connectivity index (χ3v) is 3.27. The number of rotatable bonds is 3. The lowest BCUT2D eigenvalue weighted by atomic mass is 10.1. The van der Waals surface area contributed by atoms with Gasteiger partial charge < -0.3 is 10.3 Å². The van der Waals surface area contributed by atoms with Crippen LogP contribution in [0.4, 0.5) is 10.1 Å². The van der Waals surface area contributed by atoms with E-state index in [0.29, 0.717) is 5.56 Å². The van der Waals surface area contributed by atoms with Gasteiger partial charge in [0.25, 0.3) is 0 Å². The molecule has 3 heteroatoms. The molecule has 0 unspecified atom stereocenters. The summed E-state index contributed by atoms with van der Waals surface area (Å²) < 4.78 is 13.2. The van der Waals surface area contributed by atoms with Crippen LogP contribution in [0.5, 0.6) is 0 Å². The van der Waals surface area contributed by atoms with Crippen LogP contribution >= 0.6 is 0 Å². The Kier molecular flexibility index (Phi) is 2.95. The van der Waals surface area contributed by atoms with Crippen LogP contribution in [0, 0.1) is 12.7 Å². The number of aromatic nitrogens is 1. The van der Waals surface area contributed by atoms with E-state index in [-0.39, 0.29) is 5.82 Å². The molecule has 19 heavy (non-hydrogen) atoms. The van der Waals surface area contributed by atoms with Gasteiger partial charge in [0.1, 0.15) is 5.82 Å². The van der Waals surface area contributed by atoms with Crippen molar-refractivity contribution in [3.8, 4) is 0 Å². The highest BCUT2D eigenvalue weighted by Gasteiger charge is 2.00. The maximum absolute atomic E-state index is 13.2. The van der Waals surface area contributed by atoms with Crippen LogP contribution in [0.3, 0.4) is 0 Å². The SMILES string of the molecule is Cc1cc(NCc2ccc3[nH]ccc3c2)ccc1F. The van der Waals surface area contributed by atoms with Gasteiger partial charge in [-0.05, 0) is 59.8 Å². The van der Waals surface area contributed by atoms with E-state index in [2.05, 4.69) is 34.6 Å². The maximum atomic E-state index is 13.2. The minimum Gasteiger partial charge on any atom is -0.381 e. The van der Waals surface area contributed by atoms with Crippen molar-refractivity contribution in [2.24, 2.45) is 0 Å². The monoisotopic (exact) mass is 254 g/mol. The molecule has 0 bridgehead atoms. The van der Waals surface area contributed by atoms with Gasteiger partial charge in [-0.15, -0.1) is 0 Å². The molecule has 0 aliphatic heterocycles. The smallest absolute Gasteiger partial charge is 0.126 e. The number of aryl methyl sites for hydroxylation is 1. The van der Waals surface area contributed by atoms with Crippen LogP contribution in [0.1, 0.15) is 11.1 Å². The van der Waals surface area contributed by atoms with Crippen LogP contribution in [0.15, 0.2) is 48.7 Å². The Hall–Kier alpha value is -2.29. The van der Waals surface area contributed by atoms with Crippen molar-refractivity contribution in [3.63, 3.8) is 0 Å². The normalized spacial score (nSPS) is 10.8. The number of nitrogens with one attached hydrogen (secondary N) is 2. The number of hydrogen-bond donors (Lipinski definition) is 2. The average Bonchev–Trinajstić information content (AvgIpc) is 2.87. The number of hydrogen-bond acceptors (Lipinski definition) is 1. The molecule has 96 valence electrons. The Morgan fingerprint density at radius 1 is 1.11 bits per heavy atom. The summed E-state index contributed by atoms with van der Waals surface area (Å²) >= 11 is 0. The summed E-state index contributed by atoms with van der Waals surface area (Å²) in [7, 11) is 0. The van der Waals surface area contributed by atoms with E-state index < -0.39 is 0 Å². The van der Waals surface area contributed by atoms with Gasteiger partial charge in [-0.3, -0.25) is 0 Å². The average molecular weight is 254 g/mol. The molecule has 1 aromatic heterocycles. The number of aromatic amines is 1. The highest BCUT2D eigenvalue weighted by atomic mass is 19.1. The molecule has 0 fully saturated rings. The first-order chi connectivity index (χ1) is 9.22. The molecule has 0 amide bonds. The molecule has 2 aromatic carbocycles. The predicted molar refractivity (Wildman–Crippen MR) is 76.8 cm³/mol. The summed E-state index contributed by atoms with van der Waals surface area (Å²) in [6.07, 6.45) is 1.94. The van der Waals surface area contributed by atoms with Crippen LogP contribution in [0.25, 0.3) is 10.9 Å². The topological polar surface area (TPSA) is 27.8 Å². The minimum atomic E-state index is -0.167. The largest absolute Gasteiger partial charge is 0.381 e. The zero-order valence-corrected chi connectivity index (χ0v) is 10.7. The molecule has 0 saturated carbocycles. The molecule has 3 aromatic rings. The van der Waals surface area contributed by atoms with Crippen molar-refractivity contribution < 1.29 is 4.39 Å². The molecule has 1 heterocycles. The predicted octanol–water partition coefficient (Wildman–Crippen LogP) is 4.23. The third kappa shape index (κ3) is 2.45. The van der Waals surface area contributed by atoms with E-state index in [0.717, 1.165) is 17.7 Å². The van der Waals surface area contributed by atoms with Gasteiger partial charge in [0, 0.05) is 23.9 Å². The van der Waals surface area contributed by atoms with Gasteiger partial charge in [-0.2, -0.15) is 0 Å². The number of fused-ring (bicyclic) bond motifs is 1. The molecule has 0 aliphatic carbocycles. The quantitative estimate of drug-likeness (QED) is 0.719. The summed E-state index contributed by atoms with van der Waals surface area (Å²) in [5, 5.41) is 4.51. The Bertz CT molecular complexity index is 716. The Morgan fingerprint density at radius 2 is 2.00 bits per heavy atom. The highest BCUT2D eigenvalue weighted by molar-refractivity contribution is 5.79. The lowest BCUT2D eigenvalue weighted by molar-refractivity contribution is 0.618. The summed E-state index contributed by atoms with van der Waals surface area (Å²) in [6.45, 7) is 2.50. The van der Waals surface area contributed by atoms with E-state index in [4.69, 9.17) is 0 Å². The van der Waals surface area contributed by atoms with Crippen molar-refractivity contribution in [1.82, 2.24) is 4.98 Å². The fourth-order valence-corrected chi connectivity index (χ4v) is 2.17.